The highest BCUT2D eigenvalue weighted by atomic mass is 16.3. The van der Waals surface area contributed by atoms with Crippen LogP contribution in [0.2, 0.25) is 0 Å². The molecule has 8 aromatic rings. The maximum absolute atomic E-state index is 6.55. The monoisotopic (exact) mass is 520 g/mol. The van der Waals surface area contributed by atoms with Crippen molar-refractivity contribution in [1.82, 2.24) is 0 Å². The van der Waals surface area contributed by atoms with Gasteiger partial charge in [0, 0.05) is 21.9 Å². The first-order valence-electron chi connectivity index (χ1n) is 14.2. The normalized spacial score (nSPS) is 13.3. The first-order valence-corrected chi connectivity index (χ1v) is 14.2. The molecule has 41 heavy (non-hydrogen) atoms. The summed E-state index contributed by atoms with van der Waals surface area (Å²) in [7, 11) is 0. The van der Waals surface area contributed by atoms with Crippen LogP contribution in [-0.4, -0.2) is 0 Å². The van der Waals surface area contributed by atoms with Gasteiger partial charge >= 0.3 is 0 Å². The fourth-order valence-electron chi connectivity index (χ4n) is 6.85. The molecular formula is C40H24O. The van der Waals surface area contributed by atoms with Gasteiger partial charge < -0.3 is 4.42 Å². The van der Waals surface area contributed by atoms with Crippen LogP contribution in [0.1, 0.15) is 12.0 Å². The third-order valence-electron chi connectivity index (χ3n) is 8.70. The van der Waals surface area contributed by atoms with Crippen LogP contribution in [0.3, 0.4) is 0 Å². The molecule has 0 unspecified atom stereocenters. The largest absolute Gasteiger partial charge is 0.455 e. The van der Waals surface area contributed by atoms with Crippen LogP contribution in [0.5, 0.6) is 0 Å². The lowest BCUT2D eigenvalue weighted by Gasteiger charge is -2.20. The van der Waals surface area contributed by atoms with Gasteiger partial charge in [-0.15, -0.1) is 5.73 Å². The molecule has 1 aromatic heterocycles. The highest BCUT2D eigenvalue weighted by Gasteiger charge is 2.21. The van der Waals surface area contributed by atoms with Crippen molar-refractivity contribution in [3.05, 3.63) is 145 Å². The van der Waals surface area contributed by atoms with Crippen LogP contribution in [0, 0.1) is 0 Å². The van der Waals surface area contributed by atoms with E-state index in [-0.39, 0.29) is 0 Å². The molecule has 1 nitrogen and oxygen atoms in total. The molecule has 1 heteroatoms. The molecule has 1 heterocycles. The summed E-state index contributed by atoms with van der Waals surface area (Å²) in [4.78, 5) is 0. The van der Waals surface area contributed by atoms with Gasteiger partial charge in [0.1, 0.15) is 11.2 Å². The fraction of sp³-hybridized carbons (Fsp3) is 0.0250. The molecule has 0 atom stereocenters. The maximum atomic E-state index is 6.55. The van der Waals surface area contributed by atoms with Gasteiger partial charge in [-0.1, -0.05) is 115 Å². The lowest BCUT2D eigenvalue weighted by molar-refractivity contribution is 0.670. The number of para-hydroxylation sites is 2. The topological polar surface area (TPSA) is 13.1 Å². The Hall–Kier alpha value is -5.36. The molecule has 0 saturated heterocycles. The van der Waals surface area contributed by atoms with Crippen molar-refractivity contribution in [2.45, 2.75) is 6.42 Å². The molecule has 1 aliphatic rings. The molecule has 0 radical (unpaired) electrons. The lowest BCUT2D eigenvalue weighted by Crippen LogP contribution is -1.94. The minimum absolute atomic E-state index is 0.865. The van der Waals surface area contributed by atoms with Gasteiger partial charge in [0.2, 0.25) is 0 Å². The minimum atomic E-state index is 0.865. The number of benzene rings is 7. The van der Waals surface area contributed by atoms with Crippen molar-refractivity contribution >= 4 is 59.8 Å². The summed E-state index contributed by atoms with van der Waals surface area (Å²) < 4.78 is 6.55. The first-order chi connectivity index (χ1) is 20.3. The van der Waals surface area contributed by atoms with Crippen LogP contribution in [0.4, 0.5) is 0 Å². The third kappa shape index (κ3) is 3.25. The quantitative estimate of drug-likeness (QED) is 0.167. The summed E-state index contributed by atoms with van der Waals surface area (Å²) in [6, 6.07) is 41.7. The van der Waals surface area contributed by atoms with E-state index < -0.39 is 0 Å². The molecule has 0 aliphatic heterocycles. The highest BCUT2D eigenvalue weighted by Crippen LogP contribution is 2.47. The molecule has 0 N–H and O–H groups in total. The molecule has 190 valence electrons. The lowest BCUT2D eigenvalue weighted by atomic mass is 9.83. The van der Waals surface area contributed by atoms with Crippen LogP contribution in [0.25, 0.3) is 82.1 Å². The Morgan fingerprint density at radius 2 is 1.29 bits per heavy atom. The van der Waals surface area contributed by atoms with Gasteiger partial charge in [-0.05, 0) is 79.2 Å². The maximum Gasteiger partial charge on any atom is 0.143 e. The Labute approximate surface area is 237 Å². The number of hydrogen-bond acceptors (Lipinski definition) is 1. The summed E-state index contributed by atoms with van der Waals surface area (Å²) in [5, 5.41) is 9.99. The van der Waals surface area contributed by atoms with E-state index in [0.29, 0.717) is 0 Å². The van der Waals surface area contributed by atoms with E-state index in [9.17, 15) is 0 Å². The number of hydrogen-bond donors (Lipinski definition) is 0. The van der Waals surface area contributed by atoms with E-state index in [4.69, 9.17) is 4.42 Å². The van der Waals surface area contributed by atoms with Gasteiger partial charge in [-0.3, -0.25) is 0 Å². The van der Waals surface area contributed by atoms with Crippen LogP contribution in [-0.2, 0) is 0 Å². The van der Waals surface area contributed by atoms with Crippen molar-refractivity contribution in [2.75, 3.05) is 0 Å². The molecule has 0 spiro atoms. The van der Waals surface area contributed by atoms with Crippen molar-refractivity contribution in [2.24, 2.45) is 0 Å². The second kappa shape index (κ2) is 8.57. The van der Waals surface area contributed by atoms with Crippen LogP contribution >= 0.6 is 0 Å². The zero-order valence-electron chi connectivity index (χ0n) is 22.3. The predicted octanol–water partition coefficient (Wildman–Crippen LogP) is 11.3. The molecule has 9 rings (SSSR count). The Kier molecular flexibility index (Phi) is 4.69. The fourth-order valence-corrected chi connectivity index (χ4v) is 6.85. The van der Waals surface area contributed by atoms with Crippen LogP contribution < -0.4 is 0 Å². The SMILES string of the molecule is C1=CC=CCC=1c1cc(-c2cccc3c2oc2ccccc23)c2ccc3c(-c4ccccc4)ccc4ccc1c2c43. The molecule has 0 bridgehead atoms. The summed E-state index contributed by atoms with van der Waals surface area (Å²) >= 11 is 0. The summed E-state index contributed by atoms with van der Waals surface area (Å²) in [5.41, 5.74) is 12.7. The second-order valence-electron chi connectivity index (χ2n) is 10.9. The third-order valence-corrected chi connectivity index (χ3v) is 8.70. The van der Waals surface area contributed by atoms with E-state index in [1.54, 1.807) is 0 Å². The molecule has 1 aliphatic carbocycles. The Morgan fingerprint density at radius 1 is 0.537 bits per heavy atom. The van der Waals surface area contributed by atoms with E-state index in [1.807, 2.05) is 12.1 Å². The van der Waals surface area contributed by atoms with Crippen molar-refractivity contribution in [3.8, 4) is 22.3 Å². The van der Waals surface area contributed by atoms with Gasteiger partial charge in [0.15, 0.2) is 0 Å². The van der Waals surface area contributed by atoms with E-state index in [1.165, 1.54) is 60.1 Å². The van der Waals surface area contributed by atoms with E-state index in [0.717, 1.165) is 33.9 Å². The zero-order chi connectivity index (χ0) is 26.9. The van der Waals surface area contributed by atoms with E-state index >= 15 is 0 Å². The summed E-state index contributed by atoms with van der Waals surface area (Å²) in [6.07, 6.45) is 7.20. The minimum Gasteiger partial charge on any atom is -0.455 e. The predicted molar refractivity (Wildman–Crippen MR) is 174 cm³/mol. The number of fused-ring (bicyclic) bond motifs is 3. The Bertz CT molecular complexity index is 2410. The average Bonchev–Trinajstić information content (AvgIpc) is 3.43. The standard InChI is InChI=1S/C40H24O/c1-3-10-25(11-4-1)28-20-18-27-19-21-31-35(26-12-5-2-6-13-26)24-36(32-23-22-30(28)38(27)39(31)32)34-16-9-15-33-29-14-7-8-17-37(29)41-40(33)34/h1-11,14-24H,12H2. The molecule has 0 fully saturated rings. The Morgan fingerprint density at radius 3 is 2.17 bits per heavy atom. The number of rotatable bonds is 3. The molecule has 0 amide bonds. The smallest absolute Gasteiger partial charge is 0.143 e. The van der Waals surface area contributed by atoms with Crippen molar-refractivity contribution in [3.63, 3.8) is 0 Å². The van der Waals surface area contributed by atoms with Crippen molar-refractivity contribution < 1.29 is 4.42 Å². The zero-order valence-corrected chi connectivity index (χ0v) is 22.3. The molecule has 0 saturated carbocycles. The number of allylic oxidation sites excluding steroid dienone is 3. The van der Waals surface area contributed by atoms with Crippen LogP contribution in [0.15, 0.2) is 144 Å². The average molecular weight is 521 g/mol. The van der Waals surface area contributed by atoms with Gasteiger partial charge in [0.25, 0.3) is 0 Å². The summed E-state index contributed by atoms with van der Waals surface area (Å²) in [6.45, 7) is 0. The highest BCUT2D eigenvalue weighted by molar-refractivity contribution is 6.29. The van der Waals surface area contributed by atoms with E-state index in [2.05, 4.69) is 127 Å². The van der Waals surface area contributed by atoms with Gasteiger partial charge in [-0.25, -0.2) is 0 Å². The summed E-state index contributed by atoms with van der Waals surface area (Å²) in [5.74, 6) is 0. The Balaban J connectivity index is 1.46. The first kappa shape index (κ1) is 22.5. The van der Waals surface area contributed by atoms with Crippen molar-refractivity contribution in [1.29, 1.82) is 0 Å². The number of furan rings is 1. The van der Waals surface area contributed by atoms with Gasteiger partial charge in [-0.2, -0.15) is 0 Å². The molecular weight excluding hydrogens is 496 g/mol. The van der Waals surface area contributed by atoms with Gasteiger partial charge in [0.05, 0.1) is 0 Å². The second-order valence-corrected chi connectivity index (χ2v) is 10.9. The molecule has 7 aromatic carbocycles.